The summed E-state index contributed by atoms with van der Waals surface area (Å²) in [6.45, 7) is 2.16. The van der Waals surface area contributed by atoms with E-state index >= 15 is 0 Å². The van der Waals surface area contributed by atoms with E-state index in [4.69, 9.17) is 4.74 Å². The highest BCUT2D eigenvalue weighted by Crippen LogP contribution is 2.35. The van der Waals surface area contributed by atoms with Crippen molar-refractivity contribution < 1.29 is 19.1 Å². The average molecular weight is 415 g/mol. The predicted molar refractivity (Wildman–Crippen MR) is 110 cm³/mol. The van der Waals surface area contributed by atoms with Crippen LogP contribution in [0.5, 0.6) is 0 Å². The maximum atomic E-state index is 12.9. The maximum Gasteiger partial charge on any atom is 0.338 e. The molecule has 0 bridgehead atoms. The van der Waals surface area contributed by atoms with Crippen molar-refractivity contribution in [1.82, 2.24) is 0 Å². The standard InChI is InChI=1S/C20H18N2O4S2/c1-12(19(24)22-8-9-27-17-5-3-2-4-15(17)22)26-20(25)13-6-7-16-14(10-13)21-18(23)11-28-16/h2-7,10,12H,8-9,11H2,1H3,(H,21,23)/t12-/m1/s1. The molecular weight excluding hydrogens is 396 g/mol. The summed E-state index contributed by atoms with van der Waals surface area (Å²) in [5.41, 5.74) is 1.74. The summed E-state index contributed by atoms with van der Waals surface area (Å²) in [4.78, 5) is 40.6. The molecule has 0 aliphatic carbocycles. The van der Waals surface area contributed by atoms with Gasteiger partial charge in [0.1, 0.15) is 0 Å². The molecule has 144 valence electrons. The fourth-order valence-electron chi connectivity index (χ4n) is 3.11. The van der Waals surface area contributed by atoms with E-state index in [0.29, 0.717) is 23.5 Å². The molecule has 28 heavy (non-hydrogen) atoms. The zero-order chi connectivity index (χ0) is 19.7. The van der Waals surface area contributed by atoms with Crippen molar-refractivity contribution >= 4 is 52.7 Å². The van der Waals surface area contributed by atoms with Gasteiger partial charge in [0.25, 0.3) is 5.91 Å². The van der Waals surface area contributed by atoms with E-state index in [-0.39, 0.29) is 11.8 Å². The molecule has 1 N–H and O–H groups in total. The van der Waals surface area contributed by atoms with Crippen LogP contribution in [-0.2, 0) is 14.3 Å². The third kappa shape index (κ3) is 3.74. The highest BCUT2D eigenvalue weighted by molar-refractivity contribution is 8.00. The van der Waals surface area contributed by atoms with Crippen LogP contribution in [0.1, 0.15) is 17.3 Å². The number of benzene rings is 2. The van der Waals surface area contributed by atoms with Crippen LogP contribution in [0.25, 0.3) is 0 Å². The number of nitrogens with one attached hydrogen (secondary N) is 1. The number of ether oxygens (including phenoxy) is 1. The Morgan fingerprint density at radius 2 is 1.96 bits per heavy atom. The number of fused-ring (bicyclic) bond motifs is 2. The van der Waals surface area contributed by atoms with E-state index in [1.807, 2.05) is 24.3 Å². The molecule has 2 aromatic rings. The highest BCUT2D eigenvalue weighted by atomic mass is 32.2. The Kier molecular flexibility index (Phi) is 5.32. The van der Waals surface area contributed by atoms with Crippen molar-refractivity contribution in [2.75, 3.05) is 28.3 Å². The van der Waals surface area contributed by atoms with Crippen LogP contribution in [-0.4, -0.2) is 41.9 Å². The molecule has 2 aromatic carbocycles. The van der Waals surface area contributed by atoms with E-state index in [2.05, 4.69) is 5.32 Å². The molecule has 1 atom stereocenters. The fraction of sp³-hybridized carbons (Fsp3) is 0.250. The van der Waals surface area contributed by atoms with Gasteiger partial charge in [0.05, 0.1) is 22.7 Å². The lowest BCUT2D eigenvalue weighted by Crippen LogP contribution is -2.42. The second kappa shape index (κ2) is 7.89. The lowest BCUT2D eigenvalue weighted by molar-refractivity contribution is -0.126. The highest BCUT2D eigenvalue weighted by Gasteiger charge is 2.29. The summed E-state index contributed by atoms with van der Waals surface area (Å²) in [6, 6.07) is 12.7. The first kappa shape index (κ1) is 18.9. The molecule has 2 aliphatic rings. The second-order valence-electron chi connectivity index (χ2n) is 6.40. The predicted octanol–water partition coefficient (Wildman–Crippen LogP) is 3.42. The quantitative estimate of drug-likeness (QED) is 0.776. The summed E-state index contributed by atoms with van der Waals surface area (Å²) in [5, 5.41) is 2.75. The van der Waals surface area contributed by atoms with E-state index in [0.717, 1.165) is 21.2 Å². The summed E-state index contributed by atoms with van der Waals surface area (Å²) in [6.07, 6.45) is -0.913. The second-order valence-corrected chi connectivity index (χ2v) is 8.56. The minimum absolute atomic E-state index is 0.104. The molecule has 0 saturated heterocycles. The van der Waals surface area contributed by atoms with Gasteiger partial charge in [0.15, 0.2) is 6.10 Å². The molecule has 0 aromatic heterocycles. The molecule has 0 saturated carbocycles. The number of para-hydroxylation sites is 1. The van der Waals surface area contributed by atoms with Crippen LogP contribution in [0.2, 0.25) is 0 Å². The van der Waals surface area contributed by atoms with Gasteiger partial charge in [0, 0.05) is 22.1 Å². The number of hydrogen-bond donors (Lipinski definition) is 1. The Morgan fingerprint density at radius 3 is 2.82 bits per heavy atom. The van der Waals surface area contributed by atoms with Crippen LogP contribution in [0.15, 0.2) is 52.3 Å². The summed E-state index contributed by atoms with van der Waals surface area (Å²) < 4.78 is 5.43. The Bertz CT molecular complexity index is 963. The van der Waals surface area contributed by atoms with Crippen LogP contribution >= 0.6 is 23.5 Å². The lowest BCUT2D eigenvalue weighted by atomic mass is 10.2. The molecule has 6 nitrogen and oxygen atoms in total. The first-order chi connectivity index (χ1) is 13.5. The van der Waals surface area contributed by atoms with Crippen molar-refractivity contribution in [3.63, 3.8) is 0 Å². The molecule has 2 amide bonds. The zero-order valence-electron chi connectivity index (χ0n) is 15.1. The average Bonchev–Trinajstić information content (AvgIpc) is 2.72. The molecule has 4 rings (SSSR count). The Labute approximate surface area is 171 Å². The molecule has 8 heteroatoms. The molecule has 0 fully saturated rings. The number of hydrogen-bond acceptors (Lipinski definition) is 6. The van der Waals surface area contributed by atoms with Crippen LogP contribution < -0.4 is 10.2 Å². The zero-order valence-corrected chi connectivity index (χ0v) is 16.8. The summed E-state index contributed by atoms with van der Waals surface area (Å²) in [7, 11) is 0. The molecule has 0 spiro atoms. The van der Waals surface area contributed by atoms with Crippen LogP contribution in [0.3, 0.4) is 0 Å². The number of carbonyl (C=O) groups excluding carboxylic acids is 3. The monoisotopic (exact) mass is 414 g/mol. The van der Waals surface area contributed by atoms with Gasteiger partial charge in [-0.2, -0.15) is 0 Å². The van der Waals surface area contributed by atoms with E-state index in [1.54, 1.807) is 41.8 Å². The van der Waals surface area contributed by atoms with Crippen molar-refractivity contribution in [2.24, 2.45) is 0 Å². The number of rotatable bonds is 3. The van der Waals surface area contributed by atoms with Gasteiger partial charge in [-0.1, -0.05) is 12.1 Å². The number of nitrogens with zero attached hydrogens (tertiary/aromatic N) is 1. The third-order valence-corrected chi connectivity index (χ3v) is 6.59. The molecule has 0 radical (unpaired) electrons. The number of thioether (sulfide) groups is 2. The van der Waals surface area contributed by atoms with Crippen LogP contribution in [0, 0.1) is 0 Å². The number of amides is 2. The van der Waals surface area contributed by atoms with Crippen molar-refractivity contribution in [3.05, 3.63) is 48.0 Å². The summed E-state index contributed by atoms with van der Waals surface area (Å²) >= 11 is 3.13. The van der Waals surface area contributed by atoms with Crippen LogP contribution in [0.4, 0.5) is 11.4 Å². The third-order valence-electron chi connectivity index (χ3n) is 4.47. The van der Waals surface area contributed by atoms with Crippen molar-refractivity contribution in [1.29, 1.82) is 0 Å². The molecule has 2 heterocycles. The smallest absolute Gasteiger partial charge is 0.338 e. The maximum absolute atomic E-state index is 12.9. The van der Waals surface area contributed by atoms with Gasteiger partial charge < -0.3 is 15.0 Å². The minimum atomic E-state index is -0.913. The van der Waals surface area contributed by atoms with Gasteiger partial charge in [-0.05, 0) is 37.3 Å². The van der Waals surface area contributed by atoms with E-state index in [1.165, 1.54) is 11.8 Å². The number of anilines is 2. The van der Waals surface area contributed by atoms with Gasteiger partial charge in [-0.3, -0.25) is 9.59 Å². The Balaban J connectivity index is 1.47. The lowest BCUT2D eigenvalue weighted by Gasteiger charge is -2.30. The largest absolute Gasteiger partial charge is 0.449 e. The van der Waals surface area contributed by atoms with Crippen molar-refractivity contribution in [3.8, 4) is 0 Å². The Hall–Kier alpha value is -2.45. The van der Waals surface area contributed by atoms with E-state index < -0.39 is 12.1 Å². The number of esters is 1. The van der Waals surface area contributed by atoms with Gasteiger partial charge in [-0.25, -0.2) is 4.79 Å². The first-order valence-corrected chi connectivity index (χ1v) is 10.8. The normalized spacial score (nSPS) is 16.5. The topological polar surface area (TPSA) is 75.7 Å². The SMILES string of the molecule is C[C@@H](OC(=O)c1ccc2c(c1)NC(=O)CS2)C(=O)N1CCSc2ccccc21. The Morgan fingerprint density at radius 1 is 1.14 bits per heavy atom. The molecule has 0 unspecified atom stereocenters. The molecule has 2 aliphatic heterocycles. The number of carbonyl (C=O) groups is 3. The van der Waals surface area contributed by atoms with E-state index in [9.17, 15) is 14.4 Å². The van der Waals surface area contributed by atoms with Gasteiger partial charge in [-0.15, -0.1) is 23.5 Å². The summed E-state index contributed by atoms with van der Waals surface area (Å²) in [5.74, 6) is 0.216. The fourth-order valence-corrected chi connectivity index (χ4v) is 4.89. The van der Waals surface area contributed by atoms with Gasteiger partial charge >= 0.3 is 5.97 Å². The van der Waals surface area contributed by atoms with Crippen molar-refractivity contribution in [2.45, 2.75) is 22.8 Å². The first-order valence-electron chi connectivity index (χ1n) is 8.84. The molecular formula is C20H18N2O4S2. The van der Waals surface area contributed by atoms with Gasteiger partial charge in [0.2, 0.25) is 5.91 Å². The minimum Gasteiger partial charge on any atom is -0.449 e.